The van der Waals surface area contributed by atoms with Crippen LogP contribution in [0.15, 0.2) is 29.2 Å². The Morgan fingerprint density at radius 1 is 1.37 bits per heavy atom. The fraction of sp³-hybridized carbons (Fsp3) is 0.455. The molecule has 0 saturated carbocycles. The maximum absolute atomic E-state index is 12.6. The van der Waals surface area contributed by atoms with Crippen LogP contribution in [-0.2, 0) is 19.0 Å². The summed E-state index contributed by atoms with van der Waals surface area (Å²) in [5.41, 5.74) is -2.08. The highest BCUT2D eigenvalue weighted by Gasteiger charge is 2.66. The molecular weight excluding hydrogens is 285 g/mol. The standard InChI is InChI=1S/C11H11F3O4S/c1-8-4-2-3-5-9(8)19(15,16)18-7-10(6-17-10)11(12,13)14/h2-5H,6-7H2,1H3. The first-order valence-electron chi connectivity index (χ1n) is 5.34. The number of hydrogen-bond donors (Lipinski definition) is 0. The minimum absolute atomic E-state index is 0.145. The van der Waals surface area contributed by atoms with E-state index in [0.29, 0.717) is 5.56 Å². The van der Waals surface area contributed by atoms with Gasteiger partial charge in [0.2, 0.25) is 5.60 Å². The number of aryl methyl sites for hydroxylation is 1. The van der Waals surface area contributed by atoms with E-state index in [9.17, 15) is 21.6 Å². The summed E-state index contributed by atoms with van der Waals surface area (Å²) in [5.74, 6) is 0. The van der Waals surface area contributed by atoms with Crippen LogP contribution in [0.5, 0.6) is 0 Å². The van der Waals surface area contributed by atoms with Gasteiger partial charge in [-0.2, -0.15) is 21.6 Å². The third-order valence-electron chi connectivity index (χ3n) is 2.82. The van der Waals surface area contributed by atoms with Crippen molar-refractivity contribution in [1.29, 1.82) is 0 Å². The van der Waals surface area contributed by atoms with Crippen LogP contribution in [0.2, 0.25) is 0 Å². The first kappa shape index (κ1) is 14.3. The van der Waals surface area contributed by atoms with Gasteiger partial charge in [0, 0.05) is 0 Å². The van der Waals surface area contributed by atoms with Crippen LogP contribution in [0.4, 0.5) is 13.2 Å². The maximum atomic E-state index is 12.6. The summed E-state index contributed by atoms with van der Waals surface area (Å²) in [6, 6.07) is 5.90. The van der Waals surface area contributed by atoms with Gasteiger partial charge in [0.15, 0.2) is 0 Å². The number of halogens is 3. The summed E-state index contributed by atoms with van der Waals surface area (Å²) in [5, 5.41) is 0. The molecule has 19 heavy (non-hydrogen) atoms. The number of alkyl halides is 3. The molecule has 0 aliphatic carbocycles. The Morgan fingerprint density at radius 3 is 2.42 bits per heavy atom. The zero-order valence-corrected chi connectivity index (χ0v) is 10.7. The number of ether oxygens (including phenoxy) is 1. The second-order valence-electron chi connectivity index (χ2n) is 4.26. The molecular formula is C11H11F3O4S. The highest BCUT2D eigenvalue weighted by Crippen LogP contribution is 2.44. The lowest BCUT2D eigenvalue weighted by Crippen LogP contribution is -2.38. The number of hydrogen-bond acceptors (Lipinski definition) is 4. The molecule has 1 fully saturated rings. The van der Waals surface area contributed by atoms with Crippen LogP contribution in [0.1, 0.15) is 5.56 Å². The molecule has 0 aromatic heterocycles. The third kappa shape index (κ3) is 2.75. The summed E-state index contributed by atoms with van der Waals surface area (Å²) < 4.78 is 70.1. The molecule has 1 aliphatic heterocycles. The molecule has 2 rings (SSSR count). The molecule has 0 radical (unpaired) electrons. The van der Waals surface area contributed by atoms with Gasteiger partial charge in [-0.3, -0.25) is 4.18 Å². The van der Waals surface area contributed by atoms with Gasteiger partial charge >= 0.3 is 6.18 Å². The van der Waals surface area contributed by atoms with Crippen molar-refractivity contribution in [3.05, 3.63) is 29.8 Å². The van der Waals surface area contributed by atoms with Crippen LogP contribution in [0.3, 0.4) is 0 Å². The molecule has 0 amide bonds. The topological polar surface area (TPSA) is 55.9 Å². The van der Waals surface area contributed by atoms with Crippen molar-refractivity contribution in [2.45, 2.75) is 23.6 Å². The van der Waals surface area contributed by atoms with Gasteiger partial charge in [0.05, 0.1) is 11.5 Å². The molecule has 1 atom stereocenters. The van der Waals surface area contributed by atoms with Gasteiger partial charge in [-0.1, -0.05) is 18.2 Å². The van der Waals surface area contributed by atoms with Crippen molar-refractivity contribution in [3.63, 3.8) is 0 Å². The van der Waals surface area contributed by atoms with Gasteiger partial charge in [-0.05, 0) is 18.6 Å². The second-order valence-corrected chi connectivity index (χ2v) is 5.85. The fourth-order valence-corrected chi connectivity index (χ4v) is 2.67. The lowest BCUT2D eigenvalue weighted by Gasteiger charge is -2.16. The first-order chi connectivity index (χ1) is 8.68. The lowest BCUT2D eigenvalue weighted by atomic mass is 10.2. The Labute approximate surface area is 108 Å². The lowest BCUT2D eigenvalue weighted by molar-refractivity contribution is -0.190. The normalized spacial score (nSPS) is 23.4. The van der Waals surface area contributed by atoms with Gasteiger partial charge in [-0.25, -0.2) is 0 Å². The summed E-state index contributed by atoms with van der Waals surface area (Å²) in [7, 11) is -4.22. The molecule has 1 saturated heterocycles. The minimum Gasteiger partial charge on any atom is -0.358 e. The Kier molecular flexibility index (Phi) is 3.36. The van der Waals surface area contributed by atoms with Gasteiger partial charge in [0.25, 0.3) is 10.1 Å². The van der Waals surface area contributed by atoms with E-state index >= 15 is 0 Å². The largest absolute Gasteiger partial charge is 0.422 e. The molecule has 1 heterocycles. The molecule has 1 aromatic carbocycles. The molecule has 0 spiro atoms. The van der Waals surface area contributed by atoms with E-state index in [1.54, 1.807) is 6.07 Å². The van der Waals surface area contributed by atoms with Gasteiger partial charge < -0.3 is 4.74 Å². The van der Waals surface area contributed by atoms with Crippen molar-refractivity contribution in [1.82, 2.24) is 0 Å². The summed E-state index contributed by atoms with van der Waals surface area (Å²) in [6.07, 6.45) is -4.64. The first-order valence-corrected chi connectivity index (χ1v) is 6.75. The second kappa shape index (κ2) is 4.46. The van der Waals surface area contributed by atoms with Crippen molar-refractivity contribution in [2.75, 3.05) is 13.2 Å². The Hall–Kier alpha value is -1.12. The molecule has 0 bridgehead atoms. The van der Waals surface area contributed by atoms with E-state index in [0.717, 1.165) is 0 Å². The van der Waals surface area contributed by atoms with Crippen LogP contribution in [0.25, 0.3) is 0 Å². The molecule has 1 unspecified atom stereocenters. The average Bonchev–Trinajstić information content (AvgIpc) is 3.07. The number of benzene rings is 1. The molecule has 1 aromatic rings. The molecule has 0 N–H and O–H groups in total. The van der Waals surface area contributed by atoms with Gasteiger partial charge in [-0.15, -0.1) is 0 Å². The third-order valence-corrected chi connectivity index (χ3v) is 4.24. The predicted molar refractivity (Wildman–Crippen MR) is 59.1 cm³/mol. The Morgan fingerprint density at radius 2 is 1.95 bits per heavy atom. The maximum Gasteiger partial charge on any atom is 0.422 e. The summed E-state index contributed by atoms with van der Waals surface area (Å²) >= 11 is 0. The Bertz CT molecular complexity index is 576. The molecule has 1 aliphatic rings. The van der Waals surface area contributed by atoms with Crippen molar-refractivity contribution < 1.29 is 30.5 Å². The SMILES string of the molecule is Cc1ccccc1S(=O)(=O)OCC1(C(F)(F)F)CO1. The highest BCUT2D eigenvalue weighted by molar-refractivity contribution is 7.86. The summed E-state index contributed by atoms with van der Waals surface area (Å²) in [4.78, 5) is -0.145. The molecule has 4 nitrogen and oxygen atoms in total. The van der Waals surface area contributed by atoms with Crippen LogP contribution in [-0.4, -0.2) is 33.4 Å². The molecule has 8 heteroatoms. The zero-order chi connectivity index (χ0) is 14.3. The van der Waals surface area contributed by atoms with Crippen LogP contribution < -0.4 is 0 Å². The Balaban J connectivity index is 2.14. The predicted octanol–water partition coefficient (Wildman–Crippen LogP) is 2.03. The zero-order valence-electron chi connectivity index (χ0n) is 9.90. The monoisotopic (exact) mass is 296 g/mol. The van der Waals surface area contributed by atoms with E-state index in [1.807, 2.05) is 0 Å². The fourth-order valence-electron chi connectivity index (χ4n) is 1.49. The van der Waals surface area contributed by atoms with E-state index in [2.05, 4.69) is 8.92 Å². The smallest absolute Gasteiger partial charge is 0.358 e. The minimum atomic E-state index is -4.64. The van der Waals surface area contributed by atoms with Crippen LogP contribution in [0, 0.1) is 6.92 Å². The quantitative estimate of drug-likeness (QED) is 0.630. The van der Waals surface area contributed by atoms with Crippen LogP contribution >= 0.6 is 0 Å². The number of rotatable bonds is 4. The van der Waals surface area contributed by atoms with E-state index in [4.69, 9.17) is 0 Å². The van der Waals surface area contributed by atoms with Crippen molar-refractivity contribution >= 4 is 10.1 Å². The van der Waals surface area contributed by atoms with Crippen molar-refractivity contribution in [3.8, 4) is 0 Å². The number of epoxide rings is 1. The van der Waals surface area contributed by atoms with E-state index in [-0.39, 0.29) is 4.90 Å². The van der Waals surface area contributed by atoms with E-state index in [1.165, 1.54) is 25.1 Å². The summed E-state index contributed by atoms with van der Waals surface area (Å²) in [6.45, 7) is -0.115. The van der Waals surface area contributed by atoms with Crippen molar-refractivity contribution in [2.24, 2.45) is 0 Å². The average molecular weight is 296 g/mol. The van der Waals surface area contributed by atoms with Gasteiger partial charge in [0.1, 0.15) is 6.61 Å². The molecule has 106 valence electrons. The van der Waals surface area contributed by atoms with E-state index < -0.39 is 35.1 Å². The highest BCUT2D eigenvalue weighted by atomic mass is 32.2.